The van der Waals surface area contributed by atoms with Crippen LogP contribution in [0.2, 0.25) is 0 Å². The Labute approximate surface area is 620 Å². The SMILES string of the molecule is [B]B=BB=BB=BB=BB=BB=BB=BB=BB=BB=BB=BB=BB=BB=BB=BB=BB=BB=BB=BB=BB=BB=BB=BB=BB=BB=BB=BB=BB=BB=BB=BB=BB=BB=BB=BB=BB=BB=BB=BB=BB=BB=BB=BB=BB=BS#B. The summed E-state index contributed by atoms with van der Waals surface area (Å²) < 4.78 is 0. The number of hydrogen-bond acceptors (Lipinski definition) is 0. The zero-order valence-corrected chi connectivity index (χ0v) is 54.3. The van der Waals surface area contributed by atoms with Crippen LogP contribution in [-0.4, -0.2) is 616 Å². The standard InChI is InChI=1S/B92S/c1-3-4-5-6-7-8-9-10-11-12-13-14-15-16-17-18-19-20-21-22-23-24-25-26-27-28-29-30-31-32-33-34-35-36-37-38-39-40-41-42-43-44-45-46-47-48-49-50-51-52-53-54-55-56-57-58-59-60-61-62-63-64-65-66-67-68-69-70-71-72-73-74-75-76-77-78-79-80-81-82-83-84-85-86-87-88-89-90-91-92-93-2. The van der Waals surface area contributed by atoms with Gasteiger partial charge in [0, 0.05) is 0 Å². The monoisotopic (exact) mass is 1040 g/mol. The summed E-state index contributed by atoms with van der Waals surface area (Å²) in [5.74, 6) is 0. The van der Waals surface area contributed by atoms with Crippen LogP contribution in [0.5, 0.6) is 0 Å². The summed E-state index contributed by atoms with van der Waals surface area (Å²) in [4.78, 5) is 0. The van der Waals surface area contributed by atoms with Crippen molar-refractivity contribution in [3.63, 3.8) is 0 Å². The van der Waals surface area contributed by atoms with Gasteiger partial charge in [0.1, 0.15) is 0 Å². The quantitative estimate of drug-likeness (QED) is 0.0534. The first-order valence-corrected chi connectivity index (χ1v) is 31.4. The summed E-state index contributed by atoms with van der Waals surface area (Å²) in [5.41, 5.74) is 0. The van der Waals surface area contributed by atoms with Crippen LogP contribution in [-0.2, 0) is 0 Å². The molecule has 0 aliphatic carbocycles. The van der Waals surface area contributed by atoms with Gasteiger partial charge < -0.3 is 0 Å². The van der Waals surface area contributed by atoms with Crippen LogP contribution in [0.1, 0.15) is 0 Å². The first-order chi connectivity index (χ1) is 46.4. The van der Waals surface area contributed by atoms with Gasteiger partial charge in [-0.3, -0.25) is 0 Å². The van der Waals surface area contributed by atoms with Crippen molar-refractivity contribution in [3.05, 3.63) is 0 Å². The van der Waals surface area contributed by atoms with Crippen molar-refractivity contribution in [2.75, 3.05) is 0 Å². The van der Waals surface area contributed by atoms with E-state index >= 15 is 0 Å². The predicted octanol–water partition coefficient (Wildman–Crippen LogP) is -34.4. The molecule has 0 heterocycles. The maximum atomic E-state index is 5.31. The molecule has 0 unspecified atom stereocenters. The Morgan fingerprint density at radius 1 is 0.0968 bits per heavy atom. The van der Waals surface area contributed by atoms with E-state index in [9.17, 15) is 0 Å². The van der Waals surface area contributed by atoms with E-state index in [2.05, 4.69) is 0 Å². The Kier molecular flexibility index (Phi) is 105. The molecule has 0 nitrogen and oxygen atoms in total. The fraction of sp³-hybridized carbons (Fsp3) is 0. The van der Waals surface area contributed by atoms with Crippen LogP contribution < -0.4 is 0 Å². The summed E-state index contributed by atoms with van der Waals surface area (Å²) >= 11 is 0. The van der Waals surface area contributed by atoms with E-state index in [4.69, 9.17) is 14.3 Å². The van der Waals surface area contributed by atoms with Crippen molar-refractivity contribution in [1.82, 2.24) is 0 Å². The van der Waals surface area contributed by atoms with Crippen molar-refractivity contribution < 1.29 is 0 Å². The summed E-state index contributed by atoms with van der Waals surface area (Å²) in [6.07, 6.45) is 1.82. The summed E-state index contributed by atoms with van der Waals surface area (Å²) in [5, 5.41) is 0. The molecule has 0 aromatic heterocycles. The molecule has 2 radical (unpaired) electrons. The van der Waals surface area contributed by atoms with E-state index in [0.29, 0.717) is 0 Å². The molecule has 0 aliphatic heterocycles. The van der Waals surface area contributed by atoms with E-state index in [0.717, 1.165) is 0 Å². The average Bonchev–Trinajstić information content (AvgIpc) is 3.58. The van der Waals surface area contributed by atoms with E-state index in [1.165, 1.54) is 17.5 Å². The molecule has 0 aromatic rings. The normalized spacial score (nSPS) is 7.89. The Hall–Kier alpha value is 6.19. The van der Waals surface area contributed by atoms with Crippen LogP contribution in [0, 0.1) is 0 Å². The summed E-state index contributed by atoms with van der Waals surface area (Å²) in [6, 6.07) is 0. The van der Waals surface area contributed by atoms with Crippen molar-refractivity contribution in [2.24, 2.45) is 0 Å². The van der Waals surface area contributed by atoms with E-state index in [1.807, 2.05) is 588 Å². The molecule has 0 spiro atoms. The third kappa shape index (κ3) is 98.2. The minimum absolute atomic E-state index is 1.19. The summed E-state index contributed by atoms with van der Waals surface area (Å²) in [6.45, 7) is 182. The van der Waals surface area contributed by atoms with Crippen molar-refractivity contribution in [1.29, 1.82) is 0 Å². The molecule has 0 fully saturated rings. The molecule has 0 aromatic carbocycles. The van der Waals surface area contributed by atoms with Gasteiger partial charge in [-0.25, -0.2) is 0 Å². The second-order valence-electron chi connectivity index (χ2n) is 17.4. The van der Waals surface area contributed by atoms with Gasteiger partial charge >= 0.3 is 627 Å². The van der Waals surface area contributed by atoms with Crippen molar-refractivity contribution in [2.45, 2.75) is 0 Å². The van der Waals surface area contributed by atoms with Gasteiger partial charge in [0.25, 0.3) is 0 Å². The zero-order valence-electron chi connectivity index (χ0n) is 53.5. The molecule has 0 N–H and O–H groups in total. The van der Waals surface area contributed by atoms with Gasteiger partial charge in [0.15, 0.2) is 0 Å². The van der Waals surface area contributed by atoms with Crippen LogP contribution in [0.15, 0.2) is 0 Å². The van der Waals surface area contributed by atoms with Gasteiger partial charge in [-0.15, -0.1) is 0 Å². The van der Waals surface area contributed by atoms with Crippen molar-refractivity contribution in [3.8, 4) is 0 Å². The fourth-order valence-electron chi connectivity index (χ4n) is 5.67. The molecule has 0 rings (SSSR count). The van der Waals surface area contributed by atoms with Gasteiger partial charge in [-0.2, -0.15) is 0 Å². The van der Waals surface area contributed by atoms with Gasteiger partial charge in [-0.1, -0.05) is 0 Å². The van der Waals surface area contributed by atoms with Crippen LogP contribution >= 0.6 is 10.8 Å². The Balaban J connectivity index is 4.12. The first-order valence-electron chi connectivity index (χ1n) is 30.5. The maximum absolute atomic E-state index is 5.31. The van der Waals surface area contributed by atoms with E-state index in [1.54, 1.807) is 6.69 Å². The van der Waals surface area contributed by atoms with Crippen LogP contribution in [0.3, 0.4) is 0 Å². The van der Waals surface area contributed by atoms with E-state index in [-0.39, 0.29) is 0 Å². The third-order valence-electron chi connectivity index (χ3n) is 9.93. The second kappa shape index (κ2) is 98.2. The Bertz CT molecular complexity index is 3450. The number of rotatable bonds is 44. The molecule has 0 saturated carbocycles. The Morgan fingerprint density at radius 2 is 0.161 bits per heavy atom. The van der Waals surface area contributed by atoms with Gasteiger partial charge in [0.2, 0.25) is 0 Å². The fourth-order valence-corrected chi connectivity index (χ4v) is 5.85. The molecule has 0 saturated heterocycles. The molecule has 93 heavy (non-hydrogen) atoms. The molecule has 0 amide bonds. The molecule has 0 aliphatic rings. The average molecular weight is 1030 g/mol. The predicted molar refractivity (Wildman–Crippen MR) is 537 cm³/mol. The van der Waals surface area contributed by atoms with Crippen LogP contribution in [0.25, 0.3) is 0 Å². The zero-order chi connectivity index (χ0) is 66.3. The second-order valence-corrected chi connectivity index (χ2v) is 17.9. The van der Waals surface area contributed by atoms with Crippen LogP contribution in [0.4, 0.5) is 0 Å². The minimum atomic E-state index is 1.19. The molecule has 282 valence electrons. The molecular formula is B92S. The topological polar surface area (TPSA) is 0 Å². The third-order valence-corrected chi connectivity index (χ3v) is 10.2. The van der Waals surface area contributed by atoms with Gasteiger partial charge in [0.05, 0.1) is 0 Å². The molecule has 0 atom stereocenters. The Morgan fingerprint density at radius 3 is 0.226 bits per heavy atom. The first kappa shape index (κ1) is 99.2. The van der Waals surface area contributed by atoms with Gasteiger partial charge in [-0.05, 0) is 0 Å². The van der Waals surface area contributed by atoms with E-state index < -0.39 is 0 Å². The molecular weight excluding hydrogens is 1030 g/mol. The number of hydrogen-bond donors (Lipinski definition) is 0. The molecule has 0 bridgehead atoms. The summed E-state index contributed by atoms with van der Waals surface area (Å²) in [7, 11) is 6.45. The molecule has 93 heteroatoms. The van der Waals surface area contributed by atoms with Crippen molar-refractivity contribution >= 4 is 627 Å².